The van der Waals surface area contributed by atoms with Gasteiger partial charge in [-0.05, 0) is 47.0 Å². The Morgan fingerprint density at radius 1 is 1.07 bits per heavy atom. The van der Waals surface area contributed by atoms with Crippen molar-refractivity contribution < 1.29 is 17.9 Å². The molecule has 154 valence electrons. The second kappa shape index (κ2) is 8.16. The maximum atomic E-state index is 12.6. The molecule has 2 heterocycles. The highest BCUT2D eigenvalue weighted by Gasteiger charge is 2.34. The van der Waals surface area contributed by atoms with Crippen molar-refractivity contribution >= 4 is 32.6 Å². The van der Waals surface area contributed by atoms with Crippen LogP contribution in [0, 0.1) is 0 Å². The van der Waals surface area contributed by atoms with Gasteiger partial charge in [-0.15, -0.1) is 0 Å². The normalized spacial score (nSPS) is 22.4. The first-order valence-corrected chi connectivity index (χ1v) is 11.7. The molecule has 0 aliphatic carbocycles. The van der Waals surface area contributed by atoms with Gasteiger partial charge in [0.05, 0.1) is 18.6 Å². The lowest BCUT2D eigenvalue weighted by atomic mass is 10.1. The third-order valence-electron chi connectivity index (χ3n) is 5.84. The number of methoxy groups -OCH3 is 1. The zero-order valence-corrected chi connectivity index (χ0v) is 17.4. The van der Waals surface area contributed by atoms with Gasteiger partial charge < -0.3 is 9.64 Å². The fourth-order valence-corrected chi connectivity index (χ4v) is 5.88. The Hall–Kier alpha value is -2.38. The van der Waals surface area contributed by atoms with Crippen molar-refractivity contribution in [3.05, 3.63) is 48.0 Å². The molecule has 0 bridgehead atoms. The van der Waals surface area contributed by atoms with Crippen LogP contribution in [-0.2, 0) is 14.6 Å². The molecule has 29 heavy (non-hydrogen) atoms. The van der Waals surface area contributed by atoms with E-state index in [4.69, 9.17) is 4.74 Å². The number of piperazine rings is 1. The molecule has 2 fully saturated rings. The lowest BCUT2D eigenvalue weighted by Crippen LogP contribution is -2.52. The van der Waals surface area contributed by atoms with Gasteiger partial charge in [-0.25, -0.2) is 8.42 Å². The monoisotopic (exact) mass is 414 g/mol. The van der Waals surface area contributed by atoms with Crippen molar-refractivity contribution in [1.82, 2.24) is 9.80 Å². The molecule has 0 unspecified atom stereocenters. The number of amides is 1. The number of carbonyl (C=O) groups excluding carboxylic acids is 1. The largest absolute Gasteiger partial charge is 0.497 e. The summed E-state index contributed by atoms with van der Waals surface area (Å²) in [6.45, 7) is 2.74. The van der Waals surface area contributed by atoms with Gasteiger partial charge in [0.25, 0.3) is 0 Å². The van der Waals surface area contributed by atoms with Crippen LogP contribution in [0.3, 0.4) is 0 Å². The van der Waals surface area contributed by atoms with Crippen LogP contribution < -0.4 is 4.74 Å². The average molecular weight is 415 g/mol. The highest BCUT2D eigenvalue weighted by atomic mass is 32.2. The van der Waals surface area contributed by atoms with Gasteiger partial charge in [0.1, 0.15) is 5.75 Å². The van der Waals surface area contributed by atoms with Gasteiger partial charge >= 0.3 is 0 Å². The topological polar surface area (TPSA) is 66.9 Å². The fourth-order valence-electron chi connectivity index (χ4n) is 4.12. The number of sulfone groups is 1. The van der Waals surface area contributed by atoms with Crippen molar-refractivity contribution in [2.75, 3.05) is 44.8 Å². The summed E-state index contributed by atoms with van der Waals surface area (Å²) in [6.07, 6.45) is 4.19. The number of ether oxygens (including phenoxy) is 1. The smallest absolute Gasteiger partial charge is 0.246 e. The van der Waals surface area contributed by atoms with E-state index >= 15 is 0 Å². The maximum absolute atomic E-state index is 12.6. The number of hydrogen-bond donors (Lipinski definition) is 0. The second-order valence-corrected chi connectivity index (χ2v) is 9.95. The molecule has 6 nitrogen and oxygen atoms in total. The average Bonchev–Trinajstić information content (AvgIpc) is 3.11. The van der Waals surface area contributed by atoms with Crippen molar-refractivity contribution in [3.63, 3.8) is 0 Å². The van der Waals surface area contributed by atoms with Crippen LogP contribution in [0.4, 0.5) is 0 Å². The van der Waals surface area contributed by atoms with E-state index in [9.17, 15) is 13.2 Å². The van der Waals surface area contributed by atoms with E-state index in [2.05, 4.69) is 11.0 Å². The number of benzene rings is 2. The minimum Gasteiger partial charge on any atom is -0.497 e. The third-order valence-corrected chi connectivity index (χ3v) is 7.59. The zero-order valence-electron chi connectivity index (χ0n) is 16.6. The first kappa shape index (κ1) is 19.9. The van der Waals surface area contributed by atoms with Crippen LogP contribution in [0.15, 0.2) is 42.5 Å². The summed E-state index contributed by atoms with van der Waals surface area (Å²) < 4.78 is 28.6. The highest BCUT2D eigenvalue weighted by Crippen LogP contribution is 2.23. The minimum absolute atomic E-state index is 0.00137. The molecule has 0 radical (unpaired) electrons. The van der Waals surface area contributed by atoms with Crippen molar-refractivity contribution in [3.8, 4) is 5.75 Å². The molecular weight excluding hydrogens is 388 g/mol. The number of nitrogens with zero attached hydrogens (tertiary/aromatic N) is 2. The molecule has 2 aromatic rings. The van der Waals surface area contributed by atoms with Gasteiger partial charge in [0.15, 0.2) is 9.84 Å². The molecule has 0 aromatic heterocycles. The van der Waals surface area contributed by atoms with Gasteiger partial charge in [0.2, 0.25) is 5.91 Å². The van der Waals surface area contributed by atoms with E-state index in [1.807, 2.05) is 41.3 Å². The summed E-state index contributed by atoms with van der Waals surface area (Å²) in [7, 11) is -1.22. The zero-order chi connectivity index (χ0) is 20.4. The molecule has 0 saturated carbocycles. The molecule has 7 heteroatoms. The van der Waals surface area contributed by atoms with Crippen LogP contribution in [-0.4, -0.2) is 75.0 Å². The Bertz CT molecular complexity index is 1040. The van der Waals surface area contributed by atoms with Crippen LogP contribution >= 0.6 is 0 Å². The predicted molar refractivity (Wildman–Crippen MR) is 115 cm³/mol. The molecule has 1 atom stereocenters. The quantitative estimate of drug-likeness (QED) is 0.718. The summed E-state index contributed by atoms with van der Waals surface area (Å²) >= 11 is 0. The molecule has 0 N–H and O–H groups in total. The van der Waals surface area contributed by atoms with E-state index in [-0.39, 0.29) is 23.5 Å². The Labute approximate surface area is 171 Å². The molecule has 1 amide bonds. The van der Waals surface area contributed by atoms with Crippen LogP contribution in [0.5, 0.6) is 5.75 Å². The number of hydrogen-bond acceptors (Lipinski definition) is 5. The third kappa shape index (κ3) is 4.62. The second-order valence-electron chi connectivity index (χ2n) is 7.72. The first-order valence-electron chi connectivity index (χ1n) is 9.93. The van der Waals surface area contributed by atoms with E-state index in [0.717, 1.165) is 35.2 Å². The Morgan fingerprint density at radius 2 is 1.79 bits per heavy atom. The number of rotatable bonds is 4. The van der Waals surface area contributed by atoms with E-state index in [1.165, 1.54) is 0 Å². The Kier molecular flexibility index (Phi) is 5.61. The number of fused-ring (bicyclic) bond motifs is 1. The van der Waals surface area contributed by atoms with Crippen LogP contribution in [0.1, 0.15) is 12.0 Å². The maximum Gasteiger partial charge on any atom is 0.246 e. The minimum atomic E-state index is -2.87. The van der Waals surface area contributed by atoms with Crippen molar-refractivity contribution in [1.29, 1.82) is 0 Å². The predicted octanol–water partition coefficient (Wildman–Crippen LogP) is 2.19. The number of carbonyl (C=O) groups is 1. The molecule has 2 aliphatic heterocycles. The fraction of sp³-hybridized carbons (Fsp3) is 0.409. The summed E-state index contributed by atoms with van der Waals surface area (Å²) in [5.41, 5.74) is 0.978. The van der Waals surface area contributed by atoms with Crippen molar-refractivity contribution in [2.45, 2.75) is 12.5 Å². The van der Waals surface area contributed by atoms with Gasteiger partial charge in [0, 0.05) is 38.3 Å². The summed E-state index contributed by atoms with van der Waals surface area (Å²) in [4.78, 5) is 16.6. The SMILES string of the molecule is COc1ccc2cc(/C=C/C(=O)N3CCN([C@H]4CCS(=O)(=O)C4)CC3)ccc2c1. The van der Waals surface area contributed by atoms with Crippen molar-refractivity contribution in [2.24, 2.45) is 0 Å². The molecule has 0 spiro atoms. The summed E-state index contributed by atoms with van der Waals surface area (Å²) in [5.74, 6) is 1.37. The first-order chi connectivity index (χ1) is 13.9. The molecule has 4 rings (SSSR count). The van der Waals surface area contributed by atoms with Crippen LogP contribution in [0.25, 0.3) is 16.8 Å². The van der Waals surface area contributed by atoms with Gasteiger partial charge in [-0.3, -0.25) is 9.69 Å². The lowest BCUT2D eigenvalue weighted by Gasteiger charge is -2.37. The van der Waals surface area contributed by atoms with E-state index < -0.39 is 9.84 Å². The summed E-state index contributed by atoms with van der Waals surface area (Å²) in [5, 5.41) is 2.19. The standard InChI is InChI=1S/C22H26N2O4S/c1-28-21-6-5-18-14-17(2-4-19(18)15-21)3-7-22(25)24-11-9-23(10-12-24)20-8-13-29(26,27)16-20/h2-7,14-15,20H,8-13,16H2,1H3/b7-3+/t20-/m0/s1. The van der Waals surface area contributed by atoms with E-state index in [0.29, 0.717) is 19.5 Å². The highest BCUT2D eigenvalue weighted by molar-refractivity contribution is 7.91. The van der Waals surface area contributed by atoms with Gasteiger partial charge in [-0.1, -0.05) is 18.2 Å². The van der Waals surface area contributed by atoms with Gasteiger partial charge in [-0.2, -0.15) is 0 Å². The molecular formula is C22H26N2O4S. The summed E-state index contributed by atoms with van der Waals surface area (Å²) in [6, 6.07) is 12.1. The lowest BCUT2D eigenvalue weighted by molar-refractivity contribution is -0.127. The Morgan fingerprint density at radius 3 is 2.48 bits per heavy atom. The van der Waals surface area contributed by atoms with E-state index in [1.54, 1.807) is 13.2 Å². The molecule has 2 aromatic carbocycles. The van der Waals surface area contributed by atoms with Crippen LogP contribution in [0.2, 0.25) is 0 Å². The molecule has 2 saturated heterocycles. The Balaban J connectivity index is 1.35. The molecule has 2 aliphatic rings.